The van der Waals surface area contributed by atoms with Gasteiger partial charge in [0.1, 0.15) is 0 Å². The van der Waals surface area contributed by atoms with Crippen LogP contribution in [0.3, 0.4) is 0 Å². The number of rotatable bonds is 3. The monoisotopic (exact) mass is 300 g/mol. The summed E-state index contributed by atoms with van der Waals surface area (Å²) < 4.78 is 0. The predicted molar refractivity (Wildman–Crippen MR) is 83.0 cm³/mol. The Morgan fingerprint density at radius 1 is 1.00 bits per heavy atom. The fourth-order valence-corrected chi connectivity index (χ4v) is 3.12. The Morgan fingerprint density at radius 3 is 2.38 bits per heavy atom. The highest BCUT2D eigenvalue weighted by atomic mass is 32.1. The summed E-state index contributed by atoms with van der Waals surface area (Å²) in [6.45, 7) is 2.96. The third-order valence-corrected chi connectivity index (χ3v) is 4.42. The summed E-state index contributed by atoms with van der Waals surface area (Å²) in [6, 6.07) is 10.7. The Balaban J connectivity index is 1.92. The minimum Gasteiger partial charge on any atom is -0.336 e. The molecule has 108 valence electrons. The number of hydrogen-bond donors (Lipinski definition) is 1. The zero-order valence-corrected chi connectivity index (χ0v) is 12.4. The van der Waals surface area contributed by atoms with Crippen molar-refractivity contribution in [2.24, 2.45) is 0 Å². The molecular weight excluding hydrogens is 284 g/mol. The number of carbonyl (C=O) groups is 2. The number of nitrogens with one attached hydrogen (secondary N) is 1. The van der Waals surface area contributed by atoms with Gasteiger partial charge in [-0.3, -0.25) is 9.59 Å². The van der Waals surface area contributed by atoms with E-state index in [4.69, 9.17) is 0 Å². The first-order chi connectivity index (χ1) is 10.3. The van der Waals surface area contributed by atoms with Gasteiger partial charge < -0.3 is 10.2 Å². The van der Waals surface area contributed by atoms with E-state index in [1.165, 1.54) is 11.3 Å². The van der Waals surface area contributed by atoms with E-state index in [0.717, 1.165) is 13.1 Å². The number of thiophene rings is 1. The molecule has 1 aliphatic heterocycles. The van der Waals surface area contributed by atoms with Crippen molar-refractivity contribution in [3.05, 3.63) is 57.8 Å². The second kappa shape index (κ2) is 6.20. The number of benzene rings is 1. The topological polar surface area (TPSA) is 49.4 Å². The Bertz CT molecular complexity index is 646. The van der Waals surface area contributed by atoms with Crippen molar-refractivity contribution in [2.75, 3.05) is 26.2 Å². The van der Waals surface area contributed by atoms with Crippen LogP contribution in [-0.2, 0) is 0 Å². The van der Waals surface area contributed by atoms with Crippen LogP contribution < -0.4 is 5.32 Å². The number of nitrogens with zero attached hydrogens (tertiary/aromatic N) is 1. The zero-order chi connectivity index (χ0) is 14.7. The van der Waals surface area contributed by atoms with Crippen molar-refractivity contribution in [1.82, 2.24) is 10.2 Å². The second-order valence-electron chi connectivity index (χ2n) is 4.89. The number of amides is 1. The highest BCUT2D eigenvalue weighted by molar-refractivity contribution is 7.12. The zero-order valence-electron chi connectivity index (χ0n) is 11.5. The Morgan fingerprint density at radius 2 is 1.71 bits per heavy atom. The van der Waals surface area contributed by atoms with Gasteiger partial charge >= 0.3 is 0 Å². The molecule has 0 saturated carbocycles. The average Bonchev–Trinajstić information content (AvgIpc) is 3.09. The summed E-state index contributed by atoms with van der Waals surface area (Å²) in [6.07, 6.45) is 0. The van der Waals surface area contributed by atoms with Crippen LogP contribution >= 0.6 is 11.3 Å². The lowest BCUT2D eigenvalue weighted by Gasteiger charge is -2.28. The first-order valence-corrected chi connectivity index (χ1v) is 7.82. The lowest BCUT2D eigenvalue weighted by molar-refractivity contribution is 0.0732. The highest BCUT2D eigenvalue weighted by Crippen LogP contribution is 2.19. The molecule has 4 nitrogen and oxygen atoms in total. The Kier molecular flexibility index (Phi) is 4.13. The average molecular weight is 300 g/mol. The summed E-state index contributed by atoms with van der Waals surface area (Å²) >= 11 is 1.40. The molecule has 1 aromatic heterocycles. The fourth-order valence-electron chi connectivity index (χ4n) is 2.45. The van der Waals surface area contributed by atoms with Gasteiger partial charge in [-0.1, -0.05) is 24.3 Å². The van der Waals surface area contributed by atoms with E-state index in [2.05, 4.69) is 5.32 Å². The van der Waals surface area contributed by atoms with Crippen LogP contribution in [0.15, 0.2) is 41.8 Å². The van der Waals surface area contributed by atoms with Gasteiger partial charge in [0.25, 0.3) is 5.91 Å². The normalized spacial score (nSPS) is 15.0. The largest absolute Gasteiger partial charge is 0.336 e. The van der Waals surface area contributed by atoms with Crippen molar-refractivity contribution in [3.8, 4) is 0 Å². The van der Waals surface area contributed by atoms with Gasteiger partial charge in [-0.05, 0) is 17.5 Å². The molecule has 1 fully saturated rings. The summed E-state index contributed by atoms with van der Waals surface area (Å²) in [7, 11) is 0. The first-order valence-electron chi connectivity index (χ1n) is 6.94. The minimum atomic E-state index is -0.0796. The van der Waals surface area contributed by atoms with Crippen molar-refractivity contribution in [2.45, 2.75) is 0 Å². The number of hydrogen-bond acceptors (Lipinski definition) is 4. The maximum atomic E-state index is 12.6. The summed E-state index contributed by atoms with van der Waals surface area (Å²) in [5.41, 5.74) is 0.987. The molecule has 1 saturated heterocycles. The molecule has 2 aromatic rings. The van der Waals surface area contributed by atoms with Crippen LogP contribution in [0.4, 0.5) is 0 Å². The maximum absolute atomic E-state index is 12.6. The molecule has 1 amide bonds. The van der Waals surface area contributed by atoms with Crippen LogP contribution in [0.1, 0.15) is 25.6 Å². The molecule has 2 heterocycles. The van der Waals surface area contributed by atoms with E-state index in [0.29, 0.717) is 29.1 Å². The molecule has 0 aliphatic carbocycles. The maximum Gasteiger partial charge on any atom is 0.254 e. The van der Waals surface area contributed by atoms with Gasteiger partial charge in [0.05, 0.1) is 10.4 Å². The third kappa shape index (κ3) is 2.89. The molecule has 21 heavy (non-hydrogen) atoms. The third-order valence-electron chi connectivity index (χ3n) is 3.55. The number of carbonyl (C=O) groups excluding carboxylic acids is 2. The molecule has 0 spiro atoms. The molecule has 0 bridgehead atoms. The van der Waals surface area contributed by atoms with E-state index < -0.39 is 0 Å². The Labute approximate surface area is 127 Å². The summed E-state index contributed by atoms with van der Waals surface area (Å²) in [5, 5.41) is 5.09. The highest BCUT2D eigenvalue weighted by Gasteiger charge is 2.23. The van der Waals surface area contributed by atoms with Gasteiger partial charge in [-0.15, -0.1) is 11.3 Å². The van der Waals surface area contributed by atoms with Crippen LogP contribution in [0, 0.1) is 0 Å². The van der Waals surface area contributed by atoms with E-state index in [1.54, 1.807) is 35.2 Å². The second-order valence-corrected chi connectivity index (χ2v) is 5.84. The van der Waals surface area contributed by atoms with E-state index in [9.17, 15) is 9.59 Å². The smallest absolute Gasteiger partial charge is 0.254 e. The summed E-state index contributed by atoms with van der Waals surface area (Å²) in [4.78, 5) is 27.7. The molecule has 3 rings (SSSR count). The van der Waals surface area contributed by atoms with Crippen molar-refractivity contribution >= 4 is 23.0 Å². The van der Waals surface area contributed by atoms with Gasteiger partial charge in [0.15, 0.2) is 0 Å². The minimum absolute atomic E-state index is 0.0583. The lowest BCUT2D eigenvalue weighted by atomic mass is 10.0. The van der Waals surface area contributed by atoms with Crippen molar-refractivity contribution in [1.29, 1.82) is 0 Å². The number of ketones is 1. The SMILES string of the molecule is O=C(c1cccs1)c1ccccc1C(=O)N1CCNCC1. The molecule has 0 atom stereocenters. The molecule has 1 aliphatic rings. The van der Waals surface area contributed by atoms with Crippen molar-refractivity contribution < 1.29 is 9.59 Å². The molecule has 1 aromatic carbocycles. The van der Waals surface area contributed by atoms with Crippen LogP contribution in [0.2, 0.25) is 0 Å². The van der Waals surface area contributed by atoms with Gasteiger partial charge in [0.2, 0.25) is 5.78 Å². The van der Waals surface area contributed by atoms with Gasteiger partial charge in [-0.2, -0.15) is 0 Å². The standard InChI is InChI=1S/C16H16N2O2S/c19-15(14-6-3-11-21-14)12-4-1-2-5-13(12)16(20)18-9-7-17-8-10-18/h1-6,11,17H,7-10H2. The van der Waals surface area contributed by atoms with Gasteiger partial charge in [-0.25, -0.2) is 0 Å². The van der Waals surface area contributed by atoms with Gasteiger partial charge in [0, 0.05) is 31.7 Å². The number of piperazine rings is 1. The molecule has 0 radical (unpaired) electrons. The van der Waals surface area contributed by atoms with E-state index in [-0.39, 0.29) is 11.7 Å². The molecule has 1 N–H and O–H groups in total. The quantitative estimate of drug-likeness (QED) is 0.882. The molecule has 5 heteroatoms. The summed E-state index contributed by atoms with van der Waals surface area (Å²) in [5.74, 6) is -0.138. The van der Waals surface area contributed by atoms with E-state index in [1.807, 2.05) is 11.4 Å². The fraction of sp³-hybridized carbons (Fsp3) is 0.250. The van der Waals surface area contributed by atoms with E-state index >= 15 is 0 Å². The van der Waals surface area contributed by atoms with Crippen LogP contribution in [-0.4, -0.2) is 42.8 Å². The van der Waals surface area contributed by atoms with Crippen LogP contribution in [0.25, 0.3) is 0 Å². The Hall–Kier alpha value is -1.98. The van der Waals surface area contributed by atoms with Crippen molar-refractivity contribution in [3.63, 3.8) is 0 Å². The first kappa shape index (κ1) is 14.0. The van der Waals surface area contributed by atoms with Crippen LogP contribution in [0.5, 0.6) is 0 Å². The predicted octanol–water partition coefficient (Wildman–Crippen LogP) is 2.02. The lowest BCUT2D eigenvalue weighted by Crippen LogP contribution is -2.46. The molecular formula is C16H16N2O2S. The molecule has 0 unspecified atom stereocenters.